The van der Waals surface area contributed by atoms with E-state index < -0.39 is 5.82 Å². The minimum absolute atomic E-state index is 0.0241. The standard InChI is InChI=1S/C25H28FN3O2/c1-28-25-10-9-23(18-24(25)26)31-17-3-13-29-14-11-20(12-15-29)4-2-16-30-22-7-5-21(19-27)6-8-22/h5-10,18,20H,2-4,11-17H2. The third kappa shape index (κ3) is 7.27. The van der Waals surface area contributed by atoms with Crippen LogP contribution < -0.4 is 9.47 Å². The van der Waals surface area contributed by atoms with Crippen LogP contribution in [0, 0.1) is 29.6 Å². The van der Waals surface area contributed by atoms with Gasteiger partial charge in [-0.2, -0.15) is 5.26 Å². The molecular weight excluding hydrogens is 393 g/mol. The first kappa shape index (κ1) is 22.6. The number of piperidine rings is 1. The molecule has 1 fully saturated rings. The van der Waals surface area contributed by atoms with Gasteiger partial charge in [0.1, 0.15) is 17.3 Å². The number of hydrogen-bond acceptors (Lipinski definition) is 4. The summed E-state index contributed by atoms with van der Waals surface area (Å²) in [5.41, 5.74) is 0.672. The molecule has 1 aliphatic rings. The molecule has 3 rings (SSSR count). The Balaban J connectivity index is 1.24. The van der Waals surface area contributed by atoms with Crippen LogP contribution in [0.1, 0.15) is 37.7 Å². The van der Waals surface area contributed by atoms with E-state index in [0.717, 1.165) is 44.1 Å². The fourth-order valence-electron chi connectivity index (χ4n) is 3.83. The highest BCUT2D eigenvalue weighted by atomic mass is 19.1. The summed E-state index contributed by atoms with van der Waals surface area (Å²) >= 11 is 0. The molecule has 0 saturated carbocycles. The molecule has 0 radical (unpaired) electrons. The molecule has 31 heavy (non-hydrogen) atoms. The van der Waals surface area contributed by atoms with E-state index in [9.17, 15) is 4.39 Å². The number of nitrogens with zero attached hydrogens (tertiary/aromatic N) is 3. The van der Waals surface area contributed by atoms with E-state index in [1.807, 2.05) is 12.1 Å². The Morgan fingerprint density at radius 3 is 2.39 bits per heavy atom. The van der Waals surface area contributed by atoms with E-state index in [-0.39, 0.29) is 5.69 Å². The molecule has 5 nitrogen and oxygen atoms in total. The number of likely N-dealkylation sites (tertiary alicyclic amines) is 1. The van der Waals surface area contributed by atoms with E-state index in [2.05, 4.69) is 15.8 Å². The van der Waals surface area contributed by atoms with Gasteiger partial charge in [-0.25, -0.2) is 9.24 Å². The lowest BCUT2D eigenvalue weighted by Crippen LogP contribution is -2.35. The summed E-state index contributed by atoms with van der Waals surface area (Å²) in [7, 11) is 0. The maximum absolute atomic E-state index is 13.6. The monoisotopic (exact) mass is 421 g/mol. The highest BCUT2D eigenvalue weighted by molar-refractivity contribution is 5.48. The summed E-state index contributed by atoms with van der Waals surface area (Å²) in [5.74, 6) is 1.52. The molecule has 0 N–H and O–H groups in total. The van der Waals surface area contributed by atoms with Crippen LogP contribution in [0.4, 0.5) is 10.1 Å². The van der Waals surface area contributed by atoms with E-state index in [1.165, 1.54) is 31.4 Å². The van der Waals surface area contributed by atoms with Gasteiger partial charge in [-0.15, -0.1) is 0 Å². The van der Waals surface area contributed by atoms with Crippen molar-refractivity contribution in [3.8, 4) is 17.6 Å². The van der Waals surface area contributed by atoms with Gasteiger partial charge in [0.05, 0.1) is 31.4 Å². The molecule has 1 saturated heterocycles. The molecule has 0 atom stereocenters. The Morgan fingerprint density at radius 2 is 1.71 bits per heavy atom. The predicted octanol–water partition coefficient (Wildman–Crippen LogP) is 5.59. The molecule has 0 bridgehead atoms. The van der Waals surface area contributed by atoms with Crippen LogP contribution in [0.5, 0.6) is 11.5 Å². The second-order valence-corrected chi connectivity index (χ2v) is 7.84. The minimum atomic E-state index is -0.531. The molecule has 0 spiro atoms. The van der Waals surface area contributed by atoms with Crippen LogP contribution >= 0.6 is 0 Å². The zero-order valence-corrected chi connectivity index (χ0v) is 17.7. The molecule has 162 valence electrons. The Morgan fingerprint density at radius 1 is 1.03 bits per heavy atom. The maximum Gasteiger partial charge on any atom is 0.222 e. The fourth-order valence-corrected chi connectivity index (χ4v) is 3.83. The van der Waals surface area contributed by atoms with Gasteiger partial charge in [-0.3, -0.25) is 0 Å². The molecule has 0 aliphatic carbocycles. The molecule has 0 aromatic heterocycles. The van der Waals surface area contributed by atoms with Gasteiger partial charge in [-0.1, -0.05) is 0 Å². The van der Waals surface area contributed by atoms with Crippen LogP contribution in [0.25, 0.3) is 4.85 Å². The number of nitriles is 1. The summed E-state index contributed by atoms with van der Waals surface area (Å²) in [5, 5.41) is 8.82. The zero-order chi connectivity index (χ0) is 21.9. The van der Waals surface area contributed by atoms with Gasteiger partial charge in [0.2, 0.25) is 5.69 Å². The van der Waals surface area contributed by atoms with Crippen molar-refractivity contribution in [2.24, 2.45) is 5.92 Å². The quantitative estimate of drug-likeness (QED) is 0.371. The van der Waals surface area contributed by atoms with Crippen molar-refractivity contribution < 1.29 is 13.9 Å². The lowest BCUT2D eigenvalue weighted by molar-refractivity contribution is 0.161. The van der Waals surface area contributed by atoms with Crippen LogP contribution in [0.2, 0.25) is 0 Å². The topological polar surface area (TPSA) is 49.8 Å². The highest BCUT2D eigenvalue weighted by Gasteiger charge is 2.18. The first-order valence-electron chi connectivity index (χ1n) is 10.8. The normalized spacial score (nSPS) is 14.5. The average Bonchev–Trinajstić information content (AvgIpc) is 2.81. The number of hydrogen-bond donors (Lipinski definition) is 0. The maximum atomic E-state index is 13.6. The SMILES string of the molecule is [C-]#[N+]c1ccc(OCCCN2CCC(CCCOc3ccc(C#N)cc3)CC2)cc1F. The lowest BCUT2D eigenvalue weighted by Gasteiger charge is -2.32. The van der Waals surface area contributed by atoms with E-state index >= 15 is 0 Å². The molecular formula is C25H28FN3O2. The number of rotatable bonds is 10. The lowest BCUT2D eigenvalue weighted by atomic mass is 9.92. The third-order valence-corrected chi connectivity index (χ3v) is 5.64. The minimum Gasteiger partial charge on any atom is -0.494 e. The van der Waals surface area contributed by atoms with E-state index in [0.29, 0.717) is 24.5 Å². The summed E-state index contributed by atoms with van der Waals surface area (Å²) in [6.45, 7) is 11.3. The Labute approximate surface area is 183 Å². The van der Waals surface area contributed by atoms with Crippen LogP contribution in [-0.4, -0.2) is 37.7 Å². The van der Waals surface area contributed by atoms with Crippen molar-refractivity contribution in [3.05, 3.63) is 65.3 Å². The molecule has 0 unspecified atom stereocenters. The number of halogens is 1. The second kappa shape index (κ2) is 11.9. The predicted molar refractivity (Wildman–Crippen MR) is 118 cm³/mol. The van der Waals surface area contributed by atoms with Gasteiger partial charge in [0.25, 0.3) is 0 Å². The fraction of sp³-hybridized carbons (Fsp3) is 0.440. The summed E-state index contributed by atoms with van der Waals surface area (Å²) < 4.78 is 25.0. The molecule has 0 amide bonds. The Hall–Kier alpha value is -3.09. The van der Waals surface area contributed by atoms with Gasteiger partial charge < -0.3 is 14.4 Å². The van der Waals surface area contributed by atoms with E-state index in [1.54, 1.807) is 18.2 Å². The van der Waals surface area contributed by atoms with Crippen molar-refractivity contribution in [2.45, 2.75) is 32.1 Å². The summed E-state index contributed by atoms with van der Waals surface area (Å²) in [4.78, 5) is 5.58. The number of benzene rings is 2. The Bertz CT molecular complexity index is 910. The Kier molecular flexibility index (Phi) is 8.70. The molecule has 2 aromatic rings. The molecule has 1 heterocycles. The second-order valence-electron chi connectivity index (χ2n) is 7.84. The van der Waals surface area contributed by atoms with Crippen molar-refractivity contribution in [1.82, 2.24) is 4.90 Å². The van der Waals surface area contributed by atoms with Crippen molar-refractivity contribution in [3.63, 3.8) is 0 Å². The molecule has 6 heteroatoms. The molecule has 1 aliphatic heterocycles. The zero-order valence-electron chi connectivity index (χ0n) is 17.7. The number of ether oxygens (including phenoxy) is 2. The van der Waals surface area contributed by atoms with Crippen molar-refractivity contribution in [1.29, 1.82) is 5.26 Å². The summed E-state index contributed by atoms with van der Waals surface area (Å²) in [6.07, 6.45) is 5.54. The highest BCUT2D eigenvalue weighted by Crippen LogP contribution is 2.24. The van der Waals surface area contributed by atoms with Crippen molar-refractivity contribution in [2.75, 3.05) is 32.8 Å². The van der Waals surface area contributed by atoms with Crippen LogP contribution in [0.15, 0.2) is 42.5 Å². The summed E-state index contributed by atoms with van der Waals surface area (Å²) in [6, 6.07) is 13.7. The van der Waals surface area contributed by atoms with Crippen molar-refractivity contribution >= 4 is 5.69 Å². The third-order valence-electron chi connectivity index (χ3n) is 5.64. The first-order chi connectivity index (χ1) is 15.2. The molecule has 2 aromatic carbocycles. The van der Waals surface area contributed by atoms with Gasteiger partial charge in [-0.05, 0) is 87.5 Å². The van der Waals surface area contributed by atoms with E-state index in [4.69, 9.17) is 21.3 Å². The smallest absolute Gasteiger partial charge is 0.222 e. The first-order valence-corrected chi connectivity index (χ1v) is 10.8. The van der Waals surface area contributed by atoms with Crippen LogP contribution in [-0.2, 0) is 0 Å². The van der Waals surface area contributed by atoms with Gasteiger partial charge >= 0.3 is 0 Å². The average molecular weight is 422 g/mol. The largest absolute Gasteiger partial charge is 0.494 e. The van der Waals surface area contributed by atoms with Crippen LogP contribution in [0.3, 0.4) is 0 Å². The van der Waals surface area contributed by atoms with Gasteiger partial charge in [0.15, 0.2) is 0 Å². The van der Waals surface area contributed by atoms with Gasteiger partial charge in [0, 0.05) is 12.6 Å².